The number of hydrogen-bond donors (Lipinski definition) is 1. The molecule has 0 radical (unpaired) electrons. The van der Waals surface area contributed by atoms with Crippen LogP contribution in [0.25, 0.3) is 0 Å². The van der Waals surface area contributed by atoms with Crippen molar-refractivity contribution in [2.45, 2.75) is 39.2 Å². The number of benzene rings is 2. The summed E-state index contributed by atoms with van der Waals surface area (Å²) in [6.07, 6.45) is 3.35. The van der Waals surface area contributed by atoms with Crippen LogP contribution in [0.2, 0.25) is 0 Å². The van der Waals surface area contributed by atoms with Crippen molar-refractivity contribution in [3.05, 3.63) is 64.7 Å². The van der Waals surface area contributed by atoms with Gasteiger partial charge in [0, 0.05) is 6.54 Å². The molecule has 0 aliphatic carbocycles. The Kier molecular flexibility index (Phi) is 5.22. The monoisotopic (exact) mass is 324 g/mol. The van der Waals surface area contributed by atoms with Gasteiger partial charge >= 0.3 is 0 Å². The molecule has 2 aromatic carbocycles. The first-order valence-electron chi connectivity index (χ1n) is 8.80. The van der Waals surface area contributed by atoms with E-state index in [1.807, 2.05) is 5.01 Å². The summed E-state index contributed by atoms with van der Waals surface area (Å²) in [5.41, 5.74) is 5.20. The fourth-order valence-corrected chi connectivity index (χ4v) is 3.91. The average Bonchev–Trinajstić information content (AvgIpc) is 2.59. The van der Waals surface area contributed by atoms with Crippen molar-refractivity contribution in [3.8, 4) is 5.75 Å². The van der Waals surface area contributed by atoms with Crippen LogP contribution < -0.4 is 10.6 Å². The molecule has 1 heterocycles. The maximum absolute atomic E-state index is 6.38. The summed E-state index contributed by atoms with van der Waals surface area (Å²) in [6, 6.07) is 15.4. The summed E-state index contributed by atoms with van der Waals surface area (Å²) >= 11 is 0. The molecule has 0 aromatic heterocycles. The molecule has 0 amide bonds. The lowest BCUT2D eigenvalue weighted by Gasteiger charge is -2.39. The van der Waals surface area contributed by atoms with E-state index in [2.05, 4.69) is 56.3 Å². The Morgan fingerprint density at radius 1 is 1.12 bits per heavy atom. The van der Waals surface area contributed by atoms with E-state index in [9.17, 15) is 0 Å². The van der Waals surface area contributed by atoms with Crippen molar-refractivity contribution < 1.29 is 4.74 Å². The SMILES string of the molecule is COc1cc(C)c(C)cc1C[C@@H]1CCCN(N)[C@@H]1c1ccccc1. The second-order valence-corrected chi connectivity index (χ2v) is 6.95. The normalized spacial score (nSPS) is 21.7. The van der Waals surface area contributed by atoms with Crippen LogP contribution >= 0.6 is 0 Å². The van der Waals surface area contributed by atoms with Crippen molar-refractivity contribution in [3.63, 3.8) is 0 Å². The van der Waals surface area contributed by atoms with Gasteiger partial charge in [0.25, 0.3) is 0 Å². The number of piperidine rings is 1. The zero-order valence-corrected chi connectivity index (χ0v) is 15.0. The second kappa shape index (κ2) is 7.37. The van der Waals surface area contributed by atoms with Gasteiger partial charge in [0.1, 0.15) is 5.75 Å². The number of nitrogens with two attached hydrogens (primary N) is 1. The first-order valence-corrected chi connectivity index (χ1v) is 8.80. The van der Waals surface area contributed by atoms with Gasteiger partial charge in [-0.05, 0) is 67.3 Å². The van der Waals surface area contributed by atoms with E-state index in [-0.39, 0.29) is 6.04 Å². The third-order valence-electron chi connectivity index (χ3n) is 5.31. The molecule has 128 valence electrons. The number of hydrazine groups is 1. The van der Waals surface area contributed by atoms with E-state index in [0.29, 0.717) is 5.92 Å². The molecule has 2 atom stereocenters. The Morgan fingerprint density at radius 3 is 2.54 bits per heavy atom. The Bertz CT molecular complexity index is 684. The number of hydrogen-bond acceptors (Lipinski definition) is 3. The highest BCUT2D eigenvalue weighted by molar-refractivity contribution is 5.42. The van der Waals surface area contributed by atoms with Gasteiger partial charge in [-0.3, -0.25) is 5.84 Å². The van der Waals surface area contributed by atoms with Crippen LogP contribution in [-0.2, 0) is 6.42 Å². The quantitative estimate of drug-likeness (QED) is 0.857. The molecule has 0 spiro atoms. The third kappa shape index (κ3) is 3.47. The van der Waals surface area contributed by atoms with E-state index < -0.39 is 0 Å². The van der Waals surface area contributed by atoms with Crippen molar-refractivity contribution in [1.29, 1.82) is 0 Å². The Balaban J connectivity index is 1.91. The molecule has 3 heteroatoms. The van der Waals surface area contributed by atoms with Crippen LogP contribution in [0.5, 0.6) is 5.75 Å². The third-order valence-corrected chi connectivity index (χ3v) is 5.31. The zero-order valence-electron chi connectivity index (χ0n) is 15.0. The number of nitrogens with zero attached hydrogens (tertiary/aromatic N) is 1. The molecule has 1 fully saturated rings. The predicted octanol–water partition coefficient (Wildman–Crippen LogP) is 4.18. The molecule has 0 saturated carbocycles. The van der Waals surface area contributed by atoms with Crippen molar-refractivity contribution in [2.75, 3.05) is 13.7 Å². The highest BCUT2D eigenvalue weighted by Gasteiger charge is 2.31. The minimum absolute atomic E-state index is 0.270. The van der Waals surface area contributed by atoms with Crippen molar-refractivity contribution in [1.82, 2.24) is 5.01 Å². The fraction of sp³-hybridized carbons (Fsp3) is 0.429. The maximum Gasteiger partial charge on any atom is 0.122 e. The van der Waals surface area contributed by atoms with E-state index in [4.69, 9.17) is 10.6 Å². The average molecular weight is 324 g/mol. The lowest BCUT2D eigenvalue weighted by atomic mass is 9.81. The smallest absolute Gasteiger partial charge is 0.122 e. The van der Waals surface area contributed by atoms with Gasteiger partial charge in [0.15, 0.2) is 0 Å². The highest BCUT2D eigenvalue weighted by Crippen LogP contribution is 2.38. The zero-order chi connectivity index (χ0) is 17.1. The molecule has 0 unspecified atom stereocenters. The minimum atomic E-state index is 0.270. The standard InChI is InChI=1S/C21H28N2O/c1-15-12-19(20(24-3)13-16(15)2)14-18-10-7-11-23(22)21(18)17-8-5-4-6-9-17/h4-6,8-9,12-13,18,21H,7,10-11,14,22H2,1-3H3/t18-,21+/m0/s1. The fourth-order valence-electron chi connectivity index (χ4n) is 3.91. The lowest BCUT2D eigenvalue weighted by Crippen LogP contribution is -2.44. The number of ether oxygens (including phenoxy) is 1. The van der Waals surface area contributed by atoms with Crippen LogP contribution in [0.3, 0.4) is 0 Å². The van der Waals surface area contributed by atoms with Crippen LogP contribution in [0.1, 0.15) is 41.1 Å². The molecule has 1 saturated heterocycles. The van der Waals surface area contributed by atoms with Crippen LogP contribution in [0.4, 0.5) is 0 Å². The molecule has 24 heavy (non-hydrogen) atoms. The second-order valence-electron chi connectivity index (χ2n) is 6.95. The van der Waals surface area contributed by atoms with Gasteiger partial charge in [-0.1, -0.05) is 36.4 Å². The molecule has 3 rings (SSSR count). The first-order chi connectivity index (χ1) is 11.6. The van der Waals surface area contributed by atoms with Crippen LogP contribution in [0, 0.1) is 19.8 Å². The molecule has 2 aromatic rings. The van der Waals surface area contributed by atoms with E-state index in [1.54, 1.807) is 7.11 Å². The van der Waals surface area contributed by atoms with E-state index in [1.165, 1.54) is 28.7 Å². The molecule has 3 nitrogen and oxygen atoms in total. The number of methoxy groups -OCH3 is 1. The first kappa shape index (κ1) is 17.0. The summed E-state index contributed by atoms with van der Waals surface area (Å²) in [6.45, 7) is 5.26. The van der Waals surface area contributed by atoms with Gasteiger partial charge in [-0.15, -0.1) is 0 Å². The molecule has 1 aliphatic heterocycles. The summed E-state index contributed by atoms with van der Waals surface area (Å²) in [5.74, 6) is 7.88. The Labute approximate surface area is 145 Å². The number of rotatable bonds is 4. The van der Waals surface area contributed by atoms with Gasteiger partial charge in [0.05, 0.1) is 13.2 Å². The lowest BCUT2D eigenvalue weighted by molar-refractivity contribution is 0.0923. The van der Waals surface area contributed by atoms with Gasteiger partial charge in [-0.2, -0.15) is 0 Å². The highest BCUT2D eigenvalue weighted by atomic mass is 16.5. The summed E-state index contributed by atoms with van der Waals surface area (Å²) in [5, 5.41) is 2.02. The largest absolute Gasteiger partial charge is 0.496 e. The van der Waals surface area contributed by atoms with Crippen molar-refractivity contribution in [2.24, 2.45) is 11.8 Å². The van der Waals surface area contributed by atoms with E-state index in [0.717, 1.165) is 25.1 Å². The topological polar surface area (TPSA) is 38.5 Å². The molecule has 2 N–H and O–H groups in total. The van der Waals surface area contributed by atoms with Gasteiger partial charge in [-0.25, -0.2) is 5.01 Å². The summed E-state index contributed by atoms with van der Waals surface area (Å²) < 4.78 is 5.65. The predicted molar refractivity (Wildman–Crippen MR) is 99.0 cm³/mol. The summed E-state index contributed by atoms with van der Waals surface area (Å²) in [4.78, 5) is 0. The Morgan fingerprint density at radius 2 is 1.83 bits per heavy atom. The maximum atomic E-state index is 6.38. The molecule has 1 aliphatic rings. The molecular weight excluding hydrogens is 296 g/mol. The van der Waals surface area contributed by atoms with Crippen LogP contribution in [0.15, 0.2) is 42.5 Å². The summed E-state index contributed by atoms with van der Waals surface area (Å²) in [7, 11) is 1.76. The minimum Gasteiger partial charge on any atom is -0.496 e. The van der Waals surface area contributed by atoms with Crippen molar-refractivity contribution >= 4 is 0 Å². The Hall–Kier alpha value is -1.84. The van der Waals surface area contributed by atoms with Gasteiger partial charge in [0.2, 0.25) is 0 Å². The molecular formula is C21H28N2O. The molecule has 0 bridgehead atoms. The van der Waals surface area contributed by atoms with Gasteiger partial charge < -0.3 is 4.74 Å². The number of aryl methyl sites for hydroxylation is 2. The van der Waals surface area contributed by atoms with Crippen LogP contribution in [-0.4, -0.2) is 18.7 Å². The van der Waals surface area contributed by atoms with E-state index >= 15 is 0 Å².